The minimum absolute atomic E-state index is 0.155. The van der Waals surface area contributed by atoms with Crippen LogP contribution in [0.4, 0.5) is 0 Å². The van der Waals surface area contributed by atoms with E-state index >= 15 is 0 Å². The first-order valence-corrected chi connectivity index (χ1v) is 12.1. The Hall–Kier alpha value is -0.480. The van der Waals surface area contributed by atoms with Gasteiger partial charge in [-0.25, -0.2) is 4.31 Å². The third-order valence-electron chi connectivity index (χ3n) is 3.21. The van der Waals surface area contributed by atoms with Gasteiger partial charge in [0.05, 0.1) is 6.61 Å². The van der Waals surface area contributed by atoms with Crippen molar-refractivity contribution in [3.05, 3.63) is 34.9 Å². The molecule has 0 amide bonds. The average molecular weight is 394 g/mol. The van der Waals surface area contributed by atoms with E-state index in [2.05, 4.69) is 37.2 Å². The zero-order chi connectivity index (χ0) is 19.5. The van der Waals surface area contributed by atoms with Crippen molar-refractivity contribution in [1.29, 1.82) is 0 Å². The maximum absolute atomic E-state index is 11.5. The fourth-order valence-electron chi connectivity index (χ4n) is 1.97. The van der Waals surface area contributed by atoms with E-state index < -0.39 is 21.5 Å². The van der Waals surface area contributed by atoms with E-state index in [1.54, 1.807) is 0 Å². The van der Waals surface area contributed by atoms with E-state index in [1.807, 2.05) is 13.0 Å². The summed E-state index contributed by atoms with van der Waals surface area (Å²) in [4.78, 5) is 18.3. The molecule has 0 aliphatic carbocycles. The summed E-state index contributed by atoms with van der Waals surface area (Å²) < 4.78 is 31.7. The van der Waals surface area contributed by atoms with Crippen LogP contribution in [0, 0.1) is 0 Å². The molecule has 2 N–H and O–H groups in total. The van der Waals surface area contributed by atoms with Gasteiger partial charge in [-0.3, -0.25) is 9.13 Å². The van der Waals surface area contributed by atoms with Crippen molar-refractivity contribution in [1.82, 2.24) is 0 Å². The van der Waals surface area contributed by atoms with Gasteiger partial charge in [-0.05, 0) is 53.4 Å². The summed E-state index contributed by atoms with van der Waals surface area (Å²) in [5.41, 5.74) is 3.82. The highest BCUT2D eigenvalue weighted by atomic mass is 31.3. The molecule has 0 bridgehead atoms. The zero-order valence-corrected chi connectivity index (χ0v) is 17.7. The highest BCUT2D eigenvalue weighted by molar-refractivity contribution is 7.65. The summed E-state index contributed by atoms with van der Waals surface area (Å²) in [6.45, 7) is 9.31. The number of hydrogen-bond donors (Lipinski definition) is 2. The second kappa shape index (κ2) is 12.0. The maximum atomic E-state index is 11.5. The number of allylic oxidation sites excluding steroid dienone is 5. The largest absolute Gasteiger partial charge is 0.365 e. The van der Waals surface area contributed by atoms with Gasteiger partial charge >= 0.3 is 15.2 Å². The van der Waals surface area contributed by atoms with Gasteiger partial charge in [0.1, 0.15) is 6.35 Å². The van der Waals surface area contributed by atoms with Crippen molar-refractivity contribution in [2.24, 2.45) is 0 Å². The second-order valence-electron chi connectivity index (χ2n) is 6.48. The van der Waals surface area contributed by atoms with Crippen LogP contribution < -0.4 is 0 Å². The van der Waals surface area contributed by atoms with Gasteiger partial charge in [0.15, 0.2) is 0 Å². The van der Waals surface area contributed by atoms with Crippen molar-refractivity contribution in [2.75, 3.05) is 19.6 Å². The molecule has 2 atom stereocenters. The molecule has 0 radical (unpaired) electrons. The second-order valence-corrected chi connectivity index (χ2v) is 10.3. The van der Waals surface area contributed by atoms with Gasteiger partial charge in [-0.2, -0.15) is 0 Å². The van der Waals surface area contributed by atoms with Crippen LogP contribution in [0.5, 0.6) is 0 Å². The van der Waals surface area contributed by atoms with E-state index in [-0.39, 0.29) is 6.61 Å². The molecule has 0 saturated carbocycles. The quantitative estimate of drug-likeness (QED) is 0.262. The molecule has 8 heteroatoms. The van der Waals surface area contributed by atoms with Crippen LogP contribution in [0.25, 0.3) is 0 Å². The molecule has 25 heavy (non-hydrogen) atoms. The summed E-state index contributed by atoms with van der Waals surface area (Å²) in [6.07, 6.45) is 9.63. The predicted octanol–water partition coefficient (Wildman–Crippen LogP) is 5.40. The zero-order valence-electron chi connectivity index (χ0n) is 15.9. The first-order valence-electron chi connectivity index (χ1n) is 8.27. The van der Waals surface area contributed by atoms with Crippen LogP contribution in [0.2, 0.25) is 0 Å². The van der Waals surface area contributed by atoms with Gasteiger partial charge in [0.25, 0.3) is 0 Å². The molecule has 6 nitrogen and oxygen atoms in total. The first kappa shape index (κ1) is 24.5. The van der Waals surface area contributed by atoms with Gasteiger partial charge in [-0.15, -0.1) is 0 Å². The number of rotatable bonds is 12. The van der Waals surface area contributed by atoms with Crippen LogP contribution in [-0.4, -0.2) is 29.4 Å². The Morgan fingerprint density at radius 3 is 1.96 bits per heavy atom. The Labute approximate surface area is 151 Å². The number of ether oxygens (including phenoxy) is 1. The minimum atomic E-state index is -4.21. The molecule has 0 aromatic rings. The Bertz CT molecular complexity index is 582. The Morgan fingerprint density at radius 2 is 1.44 bits per heavy atom. The van der Waals surface area contributed by atoms with Crippen LogP contribution in [0.15, 0.2) is 34.9 Å². The fraction of sp³-hybridized carbons (Fsp3) is 0.647. The highest BCUT2D eigenvalue weighted by Gasteiger charge is 2.28. The summed E-state index contributed by atoms with van der Waals surface area (Å²) in [5.74, 6) is 0. The molecule has 146 valence electrons. The Kier molecular flexibility index (Phi) is 11.8. The summed E-state index contributed by atoms with van der Waals surface area (Å²) in [6, 6.07) is 0. The van der Waals surface area contributed by atoms with E-state index in [0.717, 1.165) is 37.9 Å². The van der Waals surface area contributed by atoms with Crippen molar-refractivity contribution in [3.8, 4) is 0 Å². The molecule has 0 aromatic carbocycles. The third-order valence-corrected chi connectivity index (χ3v) is 5.95. The Morgan fingerprint density at radius 1 is 0.920 bits per heavy atom. The SMILES string of the molecule is CC(C)=CCC/C(C)=C/CC/C(C)=C/COCP(=O)(O)OP(C)(=O)O. The lowest BCUT2D eigenvalue weighted by molar-refractivity contribution is 0.184. The lowest BCUT2D eigenvalue weighted by atomic mass is 10.1. The van der Waals surface area contributed by atoms with Gasteiger partial charge < -0.3 is 14.5 Å². The highest BCUT2D eigenvalue weighted by Crippen LogP contribution is 2.56. The van der Waals surface area contributed by atoms with Gasteiger partial charge in [0.2, 0.25) is 0 Å². The summed E-state index contributed by atoms with van der Waals surface area (Å²) in [5, 5.41) is 0. The Balaban J connectivity index is 4.08. The van der Waals surface area contributed by atoms with Crippen molar-refractivity contribution in [2.45, 2.75) is 53.4 Å². The molecule has 0 fully saturated rings. The molecule has 0 spiro atoms. The topological polar surface area (TPSA) is 93.1 Å². The molecule has 2 unspecified atom stereocenters. The predicted molar refractivity (Wildman–Crippen MR) is 103 cm³/mol. The van der Waals surface area contributed by atoms with Crippen molar-refractivity contribution in [3.63, 3.8) is 0 Å². The molecular formula is C17H32O6P2. The lowest BCUT2D eigenvalue weighted by Crippen LogP contribution is -1.99. The molecule has 0 aliphatic rings. The maximum Gasteiger partial charge on any atom is 0.360 e. The first-order chi connectivity index (χ1) is 11.4. The van der Waals surface area contributed by atoms with E-state index in [9.17, 15) is 14.0 Å². The van der Waals surface area contributed by atoms with Crippen LogP contribution in [-0.2, 0) is 18.2 Å². The molecule has 0 rings (SSSR count). The fourth-order valence-corrected chi connectivity index (χ4v) is 4.39. The van der Waals surface area contributed by atoms with Crippen LogP contribution in [0.3, 0.4) is 0 Å². The third kappa shape index (κ3) is 16.7. The molecule has 0 aliphatic heterocycles. The van der Waals surface area contributed by atoms with Gasteiger partial charge in [0, 0.05) is 6.66 Å². The monoisotopic (exact) mass is 394 g/mol. The van der Waals surface area contributed by atoms with Crippen molar-refractivity contribution < 1.29 is 28.0 Å². The summed E-state index contributed by atoms with van der Waals surface area (Å²) in [7, 11) is -8.22. The van der Waals surface area contributed by atoms with E-state index in [0.29, 0.717) is 0 Å². The van der Waals surface area contributed by atoms with Crippen LogP contribution >= 0.6 is 15.2 Å². The standard InChI is InChI=1S/C17H32O6P2/c1-15(2)8-6-9-16(3)10-7-11-17(4)12-13-22-14-25(20,21)23-24(5,18)19/h8,10,12H,6-7,9,11,13-14H2,1-5H3,(H,18,19)(H,20,21)/b16-10+,17-12+. The minimum Gasteiger partial charge on any atom is -0.365 e. The van der Waals surface area contributed by atoms with E-state index in [1.165, 1.54) is 11.1 Å². The van der Waals surface area contributed by atoms with Crippen LogP contribution in [0.1, 0.15) is 53.4 Å². The normalized spacial score (nSPS) is 17.7. The molecule has 0 heterocycles. The lowest BCUT2D eigenvalue weighted by Gasteiger charge is -2.13. The van der Waals surface area contributed by atoms with Gasteiger partial charge in [-0.1, -0.05) is 34.9 Å². The van der Waals surface area contributed by atoms with E-state index in [4.69, 9.17) is 9.63 Å². The molecule has 0 aromatic heterocycles. The average Bonchev–Trinajstić information content (AvgIpc) is 2.40. The summed E-state index contributed by atoms with van der Waals surface area (Å²) >= 11 is 0. The van der Waals surface area contributed by atoms with Crippen molar-refractivity contribution >= 4 is 15.2 Å². The number of hydrogen-bond acceptors (Lipinski definition) is 4. The smallest absolute Gasteiger partial charge is 0.360 e. The molecular weight excluding hydrogens is 362 g/mol. The molecule has 0 saturated heterocycles.